The van der Waals surface area contributed by atoms with E-state index in [1.54, 1.807) is 0 Å². The van der Waals surface area contributed by atoms with Gasteiger partial charge in [-0.3, -0.25) is 19.2 Å². The van der Waals surface area contributed by atoms with E-state index in [0.29, 0.717) is 0 Å². The van der Waals surface area contributed by atoms with Crippen LogP contribution in [0.3, 0.4) is 0 Å². The summed E-state index contributed by atoms with van der Waals surface area (Å²) in [5.74, 6) is -5.01. The van der Waals surface area contributed by atoms with Crippen LogP contribution in [0.15, 0.2) is 0 Å². The average Bonchev–Trinajstić information content (AvgIpc) is 2.26. The van der Waals surface area contributed by atoms with Crippen LogP contribution in [0, 0.1) is 0 Å². The van der Waals surface area contributed by atoms with E-state index < -0.39 is 36.7 Å². The number of hydrogen-bond acceptors (Lipinski definition) is 8. The monoisotopic (exact) mass is 230 g/mol. The molecule has 0 aliphatic carbocycles. The van der Waals surface area contributed by atoms with E-state index in [1.165, 1.54) is 0 Å². The Bertz CT molecular complexity index is 308. The van der Waals surface area contributed by atoms with Gasteiger partial charge in [0.15, 0.2) is 0 Å². The molecule has 0 aliphatic heterocycles. The molecular weight excluding hydrogens is 224 g/mol. The summed E-state index contributed by atoms with van der Waals surface area (Å²) < 4.78 is 7.75. The van der Waals surface area contributed by atoms with Gasteiger partial charge in [0.2, 0.25) is 12.6 Å². The number of rotatable bonds is 5. The smallest absolute Gasteiger partial charge is 0.378 e. The molecule has 0 spiro atoms. The van der Waals surface area contributed by atoms with E-state index in [4.69, 9.17) is 0 Å². The largest absolute Gasteiger partial charge is 0.387 e. The highest BCUT2D eigenvalue weighted by Crippen LogP contribution is 1.96. The van der Waals surface area contributed by atoms with Gasteiger partial charge in [-0.05, 0) is 0 Å². The normalized spacial score (nSPS) is 8.75. The first kappa shape index (κ1) is 13.6. The minimum atomic E-state index is -1.39. The van der Waals surface area contributed by atoms with Crippen molar-refractivity contribution >= 4 is 36.4 Å². The van der Waals surface area contributed by atoms with Crippen molar-refractivity contribution < 1.29 is 38.2 Å². The zero-order valence-corrected chi connectivity index (χ0v) is 7.83. The molecule has 8 nitrogen and oxygen atoms in total. The summed E-state index contributed by atoms with van der Waals surface area (Å²) in [6, 6.07) is 0. The van der Waals surface area contributed by atoms with Crippen molar-refractivity contribution in [1.82, 2.24) is 0 Å². The fourth-order valence-electron chi connectivity index (χ4n) is 0.579. The summed E-state index contributed by atoms with van der Waals surface area (Å²) in [5.41, 5.74) is 0. The minimum Gasteiger partial charge on any atom is -0.387 e. The molecule has 0 fully saturated rings. The number of esters is 4. The highest BCUT2D eigenvalue weighted by Gasteiger charge is 2.14. The summed E-state index contributed by atoms with van der Waals surface area (Å²) in [6.07, 6.45) is -1.53. The Balaban J connectivity index is 3.88. The first-order chi connectivity index (χ1) is 7.49. The Morgan fingerprint density at radius 1 is 0.750 bits per heavy atom. The van der Waals surface area contributed by atoms with Crippen LogP contribution >= 0.6 is 0 Å². The van der Waals surface area contributed by atoms with Crippen molar-refractivity contribution in [1.29, 1.82) is 0 Å². The highest BCUT2D eigenvalue weighted by atomic mass is 16.6. The van der Waals surface area contributed by atoms with Crippen LogP contribution in [-0.2, 0) is 38.2 Å². The summed E-state index contributed by atoms with van der Waals surface area (Å²) in [4.78, 5) is 61.5. The molecule has 0 saturated heterocycles. The lowest BCUT2D eigenvalue weighted by Crippen LogP contribution is -2.17. The zero-order valence-electron chi connectivity index (χ0n) is 7.83. The lowest BCUT2D eigenvalue weighted by Gasteiger charge is -1.98. The molecular formula is C8H6O8. The lowest BCUT2D eigenvalue weighted by molar-refractivity contribution is -0.165. The maximum atomic E-state index is 10.7. The van der Waals surface area contributed by atoms with E-state index in [0.717, 1.165) is 0 Å². The van der Waals surface area contributed by atoms with E-state index >= 15 is 0 Å². The number of hydrogen-bond donors (Lipinski definition) is 0. The van der Waals surface area contributed by atoms with Gasteiger partial charge in [0.1, 0.15) is 0 Å². The molecule has 8 heteroatoms. The molecule has 16 heavy (non-hydrogen) atoms. The molecule has 0 aromatic carbocycles. The second-order valence-corrected chi connectivity index (χ2v) is 2.32. The highest BCUT2D eigenvalue weighted by molar-refractivity contribution is 6.23. The molecule has 0 bridgehead atoms. The van der Waals surface area contributed by atoms with Crippen LogP contribution < -0.4 is 0 Å². The summed E-state index contributed by atoms with van der Waals surface area (Å²) in [5, 5.41) is 0. The molecule has 0 rings (SSSR count). The van der Waals surface area contributed by atoms with E-state index in [9.17, 15) is 28.8 Å². The molecule has 0 aliphatic rings. The van der Waals surface area contributed by atoms with Crippen LogP contribution in [0.5, 0.6) is 0 Å². The maximum absolute atomic E-state index is 10.7. The van der Waals surface area contributed by atoms with Crippen molar-refractivity contribution in [2.24, 2.45) is 0 Å². The van der Waals surface area contributed by atoms with Crippen LogP contribution in [0.2, 0.25) is 0 Å². The van der Waals surface area contributed by atoms with Gasteiger partial charge in [0.05, 0.1) is 12.8 Å². The molecule has 0 heterocycles. The minimum absolute atomic E-state index is 0.216. The molecule has 0 aromatic rings. The maximum Gasteiger partial charge on any atom is 0.378 e. The molecule has 0 N–H and O–H groups in total. The Labute approximate surface area is 88.5 Å². The van der Waals surface area contributed by atoms with Crippen LogP contribution in [0.25, 0.3) is 0 Å². The molecule has 0 atom stereocenters. The summed E-state index contributed by atoms with van der Waals surface area (Å²) in [7, 11) is 0. The van der Waals surface area contributed by atoms with Gasteiger partial charge in [-0.15, -0.1) is 0 Å². The predicted molar refractivity (Wildman–Crippen MR) is 43.6 cm³/mol. The lowest BCUT2D eigenvalue weighted by atomic mass is 10.3. The number of ether oxygens (including phenoxy) is 2. The van der Waals surface area contributed by atoms with Crippen LogP contribution in [-0.4, -0.2) is 36.4 Å². The number of carbonyl (C=O) groups is 6. The van der Waals surface area contributed by atoms with Crippen molar-refractivity contribution in [3.05, 3.63) is 0 Å². The molecule has 0 amide bonds. The third kappa shape index (κ3) is 6.13. The zero-order chi connectivity index (χ0) is 12.6. The van der Waals surface area contributed by atoms with E-state index in [2.05, 4.69) is 9.47 Å². The quantitative estimate of drug-likeness (QED) is 0.237. The van der Waals surface area contributed by atoms with E-state index in [-0.39, 0.29) is 12.6 Å². The second kappa shape index (κ2) is 6.98. The van der Waals surface area contributed by atoms with Gasteiger partial charge in [-0.2, -0.15) is 0 Å². The van der Waals surface area contributed by atoms with Gasteiger partial charge in [-0.1, -0.05) is 0 Å². The van der Waals surface area contributed by atoms with Crippen LogP contribution in [0.4, 0.5) is 0 Å². The van der Waals surface area contributed by atoms with Crippen LogP contribution in [0.1, 0.15) is 12.8 Å². The Kier molecular flexibility index (Phi) is 5.95. The third-order valence-corrected chi connectivity index (χ3v) is 1.15. The van der Waals surface area contributed by atoms with Gasteiger partial charge in [0.25, 0.3) is 0 Å². The van der Waals surface area contributed by atoms with Gasteiger partial charge >= 0.3 is 23.9 Å². The number of aldehydes is 2. The average molecular weight is 230 g/mol. The van der Waals surface area contributed by atoms with Crippen molar-refractivity contribution in [3.63, 3.8) is 0 Å². The standard InChI is InChI=1S/C8H6O8/c9-3-7(13)15-5(11)1-2-6(12)16-8(14)4-10/h3-4H,1-2H2. The summed E-state index contributed by atoms with van der Waals surface area (Å²) >= 11 is 0. The molecule has 0 radical (unpaired) electrons. The first-order valence-corrected chi connectivity index (χ1v) is 3.89. The molecule has 0 saturated carbocycles. The third-order valence-electron chi connectivity index (χ3n) is 1.15. The van der Waals surface area contributed by atoms with Gasteiger partial charge in [0, 0.05) is 0 Å². The predicted octanol–water partition coefficient (Wildman–Crippen LogP) is -1.70. The molecule has 0 unspecified atom stereocenters. The second-order valence-electron chi connectivity index (χ2n) is 2.32. The van der Waals surface area contributed by atoms with Crippen molar-refractivity contribution in [2.45, 2.75) is 12.8 Å². The topological polar surface area (TPSA) is 121 Å². The first-order valence-electron chi connectivity index (χ1n) is 3.89. The summed E-state index contributed by atoms with van der Waals surface area (Å²) in [6.45, 7) is 0. The van der Waals surface area contributed by atoms with Gasteiger partial charge < -0.3 is 9.47 Å². The van der Waals surface area contributed by atoms with Crippen molar-refractivity contribution in [2.75, 3.05) is 0 Å². The fourth-order valence-corrected chi connectivity index (χ4v) is 0.579. The Hall–Kier alpha value is -2.38. The Morgan fingerprint density at radius 2 is 1.06 bits per heavy atom. The van der Waals surface area contributed by atoms with E-state index in [1.807, 2.05) is 0 Å². The fraction of sp³-hybridized carbons (Fsp3) is 0.250. The molecule has 86 valence electrons. The van der Waals surface area contributed by atoms with Gasteiger partial charge in [-0.25, -0.2) is 9.59 Å². The molecule has 0 aromatic heterocycles. The number of carbonyl (C=O) groups excluding carboxylic acids is 6. The SMILES string of the molecule is O=CC(=O)OC(=O)CCC(=O)OC(=O)C=O. The Morgan fingerprint density at radius 3 is 1.31 bits per heavy atom. The van der Waals surface area contributed by atoms with Crippen molar-refractivity contribution in [3.8, 4) is 0 Å².